The maximum atomic E-state index is 6.33. The molecule has 0 radical (unpaired) electrons. The van der Waals surface area contributed by atoms with E-state index in [0.717, 1.165) is 29.4 Å². The first-order chi connectivity index (χ1) is 9.75. The fourth-order valence-electron chi connectivity index (χ4n) is 2.42. The van der Waals surface area contributed by atoms with E-state index in [2.05, 4.69) is 15.1 Å². The lowest BCUT2D eigenvalue weighted by Gasteiger charge is -2.13. The van der Waals surface area contributed by atoms with Gasteiger partial charge in [0.25, 0.3) is 0 Å². The molecule has 20 heavy (non-hydrogen) atoms. The Labute approximate surface area is 117 Å². The molecule has 0 saturated carbocycles. The minimum Gasteiger partial charge on any atom is -0.324 e. The molecule has 0 aliphatic rings. The van der Waals surface area contributed by atoms with Gasteiger partial charge in [-0.1, -0.05) is 12.1 Å². The van der Waals surface area contributed by atoms with Crippen LogP contribution in [0, 0.1) is 0 Å². The number of aryl methyl sites for hydroxylation is 2. The number of benzene rings is 1. The van der Waals surface area contributed by atoms with Crippen molar-refractivity contribution < 1.29 is 0 Å². The van der Waals surface area contributed by atoms with Crippen LogP contribution in [-0.2, 0) is 13.5 Å². The average molecular weight is 267 g/mol. The monoisotopic (exact) mass is 267 g/mol. The summed E-state index contributed by atoms with van der Waals surface area (Å²) in [7, 11) is 1.95. The van der Waals surface area contributed by atoms with E-state index >= 15 is 0 Å². The van der Waals surface area contributed by atoms with E-state index in [4.69, 9.17) is 5.73 Å². The smallest absolute Gasteiger partial charge is 0.0934 e. The van der Waals surface area contributed by atoms with Crippen molar-refractivity contribution in [2.75, 3.05) is 0 Å². The molecular formula is C15H17N5. The van der Waals surface area contributed by atoms with Gasteiger partial charge in [0.05, 0.1) is 11.0 Å². The molecule has 3 aromatic rings. The minimum absolute atomic E-state index is 0.0506. The summed E-state index contributed by atoms with van der Waals surface area (Å²) >= 11 is 0. The molecule has 0 saturated heterocycles. The topological polar surface area (TPSA) is 69.6 Å². The van der Waals surface area contributed by atoms with E-state index in [1.807, 2.05) is 42.2 Å². The number of fused-ring (bicyclic) bond motifs is 1. The molecule has 1 unspecified atom stereocenters. The first-order valence-electron chi connectivity index (χ1n) is 6.68. The third-order valence-corrected chi connectivity index (χ3v) is 3.56. The molecule has 0 spiro atoms. The van der Waals surface area contributed by atoms with Crippen LogP contribution >= 0.6 is 0 Å². The highest BCUT2D eigenvalue weighted by molar-refractivity contribution is 5.77. The second-order valence-electron chi connectivity index (χ2n) is 4.86. The van der Waals surface area contributed by atoms with Crippen molar-refractivity contribution in [3.8, 4) is 0 Å². The zero-order valence-corrected chi connectivity index (χ0v) is 11.4. The molecule has 2 N–H and O–H groups in total. The second-order valence-corrected chi connectivity index (χ2v) is 4.86. The molecule has 2 aromatic heterocycles. The summed E-state index contributed by atoms with van der Waals surface area (Å²) < 4.78 is 1.88. The minimum atomic E-state index is -0.0506. The van der Waals surface area contributed by atoms with Crippen LogP contribution in [0.4, 0.5) is 0 Å². The summed E-state index contributed by atoms with van der Waals surface area (Å²) in [5.41, 5.74) is 10.4. The molecule has 1 atom stereocenters. The largest absolute Gasteiger partial charge is 0.324 e. The van der Waals surface area contributed by atoms with Gasteiger partial charge >= 0.3 is 0 Å². The fourth-order valence-corrected chi connectivity index (χ4v) is 2.42. The molecular weight excluding hydrogens is 250 g/mol. The van der Waals surface area contributed by atoms with Gasteiger partial charge in [0.15, 0.2) is 0 Å². The number of hydrogen-bond acceptors (Lipinski definition) is 4. The molecule has 5 heteroatoms. The number of hydrogen-bond donors (Lipinski definition) is 1. The van der Waals surface area contributed by atoms with E-state index < -0.39 is 0 Å². The molecule has 3 rings (SSSR count). The maximum absolute atomic E-state index is 6.33. The lowest BCUT2D eigenvalue weighted by atomic mass is 10.0. The Balaban J connectivity index is 1.82. The van der Waals surface area contributed by atoms with Gasteiger partial charge in [0, 0.05) is 37.4 Å². The van der Waals surface area contributed by atoms with Crippen molar-refractivity contribution in [1.82, 2.24) is 19.7 Å². The van der Waals surface area contributed by atoms with Crippen LogP contribution in [0.25, 0.3) is 11.0 Å². The van der Waals surface area contributed by atoms with Crippen LogP contribution in [0.2, 0.25) is 0 Å². The Hall–Kier alpha value is -2.27. The van der Waals surface area contributed by atoms with Crippen LogP contribution in [0.1, 0.15) is 23.7 Å². The molecule has 5 nitrogen and oxygen atoms in total. The van der Waals surface area contributed by atoms with E-state index in [0.29, 0.717) is 0 Å². The van der Waals surface area contributed by atoms with Gasteiger partial charge in [-0.25, -0.2) is 0 Å². The number of nitrogens with zero attached hydrogens (tertiary/aromatic N) is 4. The SMILES string of the molecule is Cn1nccc1CCC(N)c1cccc2nccnc12. The normalized spacial score (nSPS) is 12.7. The highest BCUT2D eigenvalue weighted by Gasteiger charge is 2.12. The summed E-state index contributed by atoms with van der Waals surface area (Å²) in [6.07, 6.45) is 6.97. The Morgan fingerprint density at radius 3 is 2.80 bits per heavy atom. The molecule has 0 bridgehead atoms. The summed E-state index contributed by atoms with van der Waals surface area (Å²) in [6.45, 7) is 0. The molecule has 0 aliphatic carbocycles. The van der Waals surface area contributed by atoms with Crippen molar-refractivity contribution in [1.29, 1.82) is 0 Å². The second kappa shape index (κ2) is 5.38. The Morgan fingerprint density at radius 2 is 2.00 bits per heavy atom. The summed E-state index contributed by atoms with van der Waals surface area (Å²) in [4.78, 5) is 8.72. The lowest BCUT2D eigenvalue weighted by Crippen LogP contribution is -2.13. The van der Waals surface area contributed by atoms with Crippen LogP contribution < -0.4 is 5.73 Å². The molecule has 2 heterocycles. The van der Waals surface area contributed by atoms with Crippen LogP contribution in [-0.4, -0.2) is 19.7 Å². The van der Waals surface area contributed by atoms with Crippen molar-refractivity contribution >= 4 is 11.0 Å². The van der Waals surface area contributed by atoms with Gasteiger partial charge < -0.3 is 5.73 Å². The number of para-hydroxylation sites is 1. The average Bonchev–Trinajstić information content (AvgIpc) is 2.89. The third kappa shape index (κ3) is 2.40. The van der Waals surface area contributed by atoms with Crippen LogP contribution in [0.3, 0.4) is 0 Å². The first kappa shape index (κ1) is 12.7. The molecule has 1 aromatic carbocycles. The number of aromatic nitrogens is 4. The van der Waals surface area contributed by atoms with Crippen molar-refractivity contribution in [2.24, 2.45) is 12.8 Å². The van der Waals surface area contributed by atoms with E-state index in [9.17, 15) is 0 Å². The first-order valence-corrected chi connectivity index (χ1v) is 6.68. The highest BCUT2D eigenvalue weighted by Crippen LogP contribution is 2.22. The van der Waals surface area contributed by atoms with Gasteiger partial charge in [0.1, 0.15) is 0 Å². The van der Waals surface area contributed by atoms with Crippen LogP contribution in [0.5, 0.6) is 0 Å². The standard InChI is InChI=1S/C15H17N5/c1-20-11(7-8-19-20)5-6-13(16)12-3-2-4-14-15(12)18-10-9-17-14/h2-4,7-10,13H,5-6,16H2,1H3. The fraction of sp³-hybridized carbons (Fsp3) is 0.267. The Kier molecular flexibility index (Phi) is 3.43. The quantitative estimate of drug-likeness (QED) is 0.785. The highest BCUT2D eigenvalue weighted by atomic mass is 15.2. The van der Waals surface area contributed by atoms with Crippen molar-refractivity contribution in [3.05, 3.63) is 54.1 Å². The number of rotatable bonds is 4. The predicted octanol–water partition coefficient (Wildman–Crippen LogP) is 2.00. The van der Waals surface area contributed by atoms with Gasteiger partial charge in [-0.15, -0.1) is 0 Å². The van der Waals surface area contributed by atoms with Gasteiger partial charge in [0.2, 0.25) is 0 Å². The van der Waals surface area contributed by atoms with Crippen molar-refractivity contribution in [2.45, 2.75) is 18.9 Å². The molecule has 0 amide bonds. The summed E-state index contributed by atoms with van der Waals surface area (Å²) in [6, 6.07) is 7.95. The zero-order chi connectivity index (χ0) is 13.9. The van der Waals surface area contributed by atoms with Gasteiger partial charge in [-0.3, -0.25) is 14.6 Å². The van der Waals surface area contributed by atoms with E-state index in [1.54, 1.807) is 12.4 Å². The maximum Gasteiger partial charge on any atom is 0.0934 e. The lowest BCUT2D eigenvalue weighted by molar-refractivity contribution is 0.616. The van der Waals surface area contributed by atoms with Gasteiger partial charge in [-0.05, 0) is 30.5 Å². The third-order valence-electron chi connectivity index (χ3n) is 3.56. The zero-order valence-electron chi connectivity index (χ0n) is 11.4. The molecule has 102 valence electrons. The predicted molar refractivity (Wildman–Crippen MR) is 78.0 cm³/mol. The van der Waals surface area contributed by atoms with Crippen LogP contribution in [0.15, 0.2) is 42.9 Å². The summed E-state index contributed by atoms with van der Waals surface area (Å²) in [5, 5.41) is 4.17. The van der Waals surface area contributed by atoms with Crippen molar-refractivity contribution in [3.63, 3.8) is 0 Å². The molecule has 0 aliphatic heterocycles. The Morgan fingerprint density at radius 1 is 1.15 bits per heavy atom. The van der Waals surface area contributed by atoms with E-state index in [1.165, 1.54) is 5.69 Å². The summed E-state index contributed by atoms with van der Waals surface area (Å²) in [5.74, 6) is 0. The van der Waals surface area contributed by atoms with E-state index in [-0.39, 0.29) is 6.04 Å². The Bertz CT molecular complexity index is 714. The van der Waals surface area contributed by atoms with Gasteiger partial charge in [-0.2, -0.15) is 5.10 Å². The molecule has 0 fully saturated rings. The number of nitrogens with two attached hydrogens (primary N) is 1.